The van der Waals surface area contributed by atoms with E-state index >= 15 is 0 Å². The summed E-state index contributed by atoms with van der Waals surface area (Å²) in [4.78, 5) is 24.1. The van der Waals surface area contributed by atoms with Gasteiger partial charge < -0.3 is 18.9 Å². The molecule has 0 spiro atoms. The van der Waals surface area contributed by atoms with E-state index in [0.717, 1.165) is 0 Å². The lowest BCUT2D eigenvalue weighted by molar-refractivity contribution is -0.222. The molecule has 0 amide bonds. The van der Waals surface area contributed by atoms with Gasteiger partial charge in [0.2, 0.25) is 0 Å². The molecular weight excluding hydrogens is 392 g/mol. The Morgan fingerprint density at radius 2 is 1.80 bits per heavy atom. The average Bonchev–Trinajstić information content (AvgIpc) is 2.45. The van der Waals surface area contributed by atoms with Gasteiger partial charge in [0, 0.05) is 13.8 Å². The van der Waals surface area contributed by atoms with Crippen molar-refractivity contribution < 1.29 is 28.5 Å². The first-order valence-corrected chi connectivity index (χ1v) is 8.73. The third-order valence-corrected chi connectivity index (χ3v) is 3.70. The van der Waals surface area contributed by atoms with Crippen LogP contribution in [0.25, 0.3) is 6.08 Å². The third-order valence-electron chi connectivity index (χ3n) is 3.11. The van der Waals surface area contributed by atoms with Crippen molar-refractivity contribution in [1.29, 1.82) is 0 Å². The number of carbonyl (C=O) groups is 2. The van der Waals surface area contributed by atoms with Crippen molar-refractivity contribution in [2.24, 2.45) is 0 Å². The van der Waals surface area contributed by atoms with Crippen LogP contribution in [-0.4, -0.2) is 30.4 Å². The van der Waals surface area contributed by atoms with E-state index in [2.05, 4.69) is 15.9 Å². The number of benzene rings is 1. The van der Waals surface area contributed by atoms with Crippen molar-refractivity contribution in [2.45, 2.75) is 46.5 Å². The molecule has 1 saturated heterocycles. The first kappa shape index (κ1) is 19.3. The van der Waals surface area contributed by atoms with Gasteiger partial charge in [-0.1, -0.05) is 0 Å². The lowest BCUT2D eigenvalue weighted by Gasteiger charge is -2.29. The van der Waals surface area contributed by atoms with E-state index in [4.69, 9.17) is 18.9 Å². The molecule has 1 aliphatic rings. The second-order valence-corrected chi connectivity index (χ2v) is 7.02. The molecule has 1 heterocycles. The monoisotopic (exact) mass is 412 g/mol. The quantitative estimate of drug-likeness (QED) is 0.415. The highest BCUT2D eigenvalue weighted by Gasteiger charge is 2.38. The van der Waals surface area contributed by atoms with Gasteiger partial charge in [-0.3, -0.25) is 0 Å². The molecule has 1 fully saturated rings. The summed E-state index contributed by atoms with van der Waals surface area (Å²) in [5, 5.41) is 0. The molecule has 0 bridgehead atoms. The topological polar surface area (TPSA) is 71.1 Å². The van der Waals surface area contributed by atoms with Gasteiger partial charge in [0.1, 0.15) is 5.57 Å². The van der Waals surface area contributed by atoms with Crippen LogP contribution in [0.2, 0.25) is 0 Å². The fourth-order valence-electron chi connectivity index (χ4n) is 2.23. The van der Waals surface area contributed by atoms with Crippen LogP contribution in [0.15, 0.2) is 22.2 Å². The summed E-state index contributed by atoms with van der Waals surface area (Å²) in [7, 11) is 0. The second kappa shape index (κ2) is 7.47. The zero-order chi connectivity index (χ0) is 18.8. The fourth-order valence-corrected chi connectivity index (χ4v) is 2.78. The highest BCUT2D eigenvalue weighted by Crippen LogP contribution is 2.38. The molecule has 0 N–H and O–H groups in total. The first-order chi connectivity index (χ1) is 11.6. The van der Waals surface area contributed by atoms with Crippen LogP contribution < -0.4 is 9.47 Å². The molecule has 6 nitrogen and oxygen atoms in total. The molecule has 0 aromatic heterocycles. The number of carbonyl (C=O) groups excluding carboxylic acids is 2. The minimum Gasteiger partial charge on any atom is -0.490 e. The third kappa shape index (κ3) is 4.75. The van der Waals surface area contributed by atoms with E-state index in [1.54, 1.807) is 12.1 Å². The number of esters is 2. The van der Waals surface area contributed by atoms with Crippen molar-refractivity contribution in [3.8, 4) is 11.5 Å². The van der Waals surface area contributed by atoms with E-state index in [1.807, 2.05) is 20.8 Å². The number of halogens is 1. The van der Waals surface area contributed by atoms with E-state index in [1.165, 1.54) is 19.9 Å². The fraction of sp³-hybridized carbons (Fsp3) is 0.444. The van der Waals surface area contributed by atoms with Gasteiger partial charge in [-0.15, -0.1) is 0 Å². The molecule has 25 heavy (non-hydrogen) atoms. The van der Waals surface area contributed by atoms with Gasteiger partial charge in [-0.05, 0) is 60.5 Å². The van der Waals surface area contributed by atoms with E-state index < -0.39 is 17.7 Å². The van der Waals surface area contributed by atoms with Gasteiger partial charge in [-0.2, -0.15) is 0 Å². The van der Waals surface area contributed by atoms with Crippen LogP contribution in [0.4, 0.5) is 0 Å². The predicted molar refractivity (Wildman–Crippen MR) is 95.3 cm³/mol. The van der Waals surface area contributed by atoms with E-state index in [9.17, 15) is 9.59 Å². The Morgan fingerprint density at radius 3 is 2.32 bits per heavy atom. The molecule has 136 valence electrons. The normalized spacial score (nSPS) is 16.4. The van der Waals surface area contributed by atoms with Gasteiger partial charge in [0.05, 0.1) is 17.2 Å². The van der Waals surface area contributed by atoms with E-state index in [-0.39, 0.29) is 11.7 Å². The molecule has 7 heteroatoms. The van der Waals surface area contributed by atoms with Gasteiger partial charge in [0.25, 0.3) is 5.79 Å². The summed E-state index contributed by atoms with van der Waals surface area (Å²) in [6, 6.07) is 3.42. The van der Waals surface area contributed by atoms with Crippen molar-refractivity contribution in [1.82, 2.24) is 0 Å². The molecule has 2 rings (SSSR count). The summed E-state index contributed by atoms with van der Waals surface area (Å²) in [5.41, 5.74) is 0.404. The van der Waals surface area contributed by atoms with Crippen LogP contribution in [0.1, 0.15) is 40.2 Å². The highest BCUT2D eigenvalue weighted by atomic mass is 79.9. The molecule has 0 saturated carbocycles. The molecule has 1 aliphatic heterocycles. The Hall–Kier alpha value is -2.02. The van der Waals surface area contributed by atoms with Gasteiger partial charge >= 0.3 is 11.9 Å². The number of cyclic esters (lactones) is 2. The second-order valence-electron chi connectivity index (χ2n) is 6.17. The average molecular weight is 413 g/mol. The molecule has 1 aromatic carbocycles. The summed E-state index contributed by atoms with van der Waals surface area (Å²) in [6.45, 7) is 9.12. The number of ether oxygens (including phenoxy) is 4. The van der Waals surface area contributed by atoms with Crippen molar-refractivity contribution in [3.63, 3.8) is 0 Å². The Labute approximate surface area is 155 Å². The number of hydrogen-bond acceptors (Lipinski definition) is 6. The summed E-state index contributed by atoms with van der Waals surface area (Å²) < 4.78 is 22.2. The summed E-state index contributed by atoms with van der Waals surface area (Å²) >= 11 is 3.44. The Balaban J connectivity index is 2.43. The maximum absolute atomic E-state index is 12.1. The van der Waals surface area contributed by atoms with Crippen LogP contribution in [0.3, 0.4) is 0 Å². The van der Waals surface area contributed by atoms with Crippen molar-refractivity contribution in [2.75, 3.05) is 6.61 Å². The van der Waals surface area contributed by atoms with Crippen molar-refractivity contribution >= 4 is 33.9 Å². The van der Waals surface area contributed by atoms with E-state index in [0.29, 0.717) is 28.1 Å². The first-order valence-electron chi connectivity index (χ1n) is 7.94. The Morgan fingerprint density at radius 1 is 1.20 bits per heavy atom. The minimum absolute atomic E-state index is 0.0368. The van der Waals surface area contributed by atoms with Crippen LogP contribution in [0, 0.1) is 0 Å². The predicted octanol–water partition coefficient (Wildman–Crippen LogP) is 3.85. The summed E-state index contributed by atoms with van der Waals surface area (Å²) in [6.07, 6.45) is 1.37. The van der Waals surface area contributed by atoms with Crippen LogP contribution in [-0.2, 0) is 19.1 Å². The Kier molecular flexibility index (Phi) is 5.77. The number of rotatable bonds is 5. The molecule has 0 unspecified atom stereocenters. The largest absolute Gasteiger partial charge is 0.490 e. The maximum atomic E-state index is 12.1. The molecule has 0 atom stereocenters. The molecule has 0 aliphatic carbocycles. The lowest BCUT2D eigenvalue weighted by atomic mass is 10.1. The standard InChI is InChI=1S/C18H21BrO6/c1-6-22-14-9-11(8-13(19)15(14)23-10(2)3)7-12-16(20)24-18(4,5)25-17(12)21/h7-10H,6H2,1-5H3. The molecule has 1 aromatic rings. The number of hydrogen-bond donors (Lipinski definition) is 0. The zero-order valence-electron chi connectivity index (χ0n) is 14.8. The zero-order valence-corrected chi connectivity index (χ0v) is 16.4. The maximum Gasteiger partial charge on any atom is 0.348 e. The van der Waals surface area contributed by atoms with Gasteiger partial charge in [-0.25, -0.2) is 9.59 Å². The molecule has 0 radical (unpaired) electrons. The van der Waals surface area contributed by atoms with Crippen LogP contribution >= 0.6 is 15.9 Å². The lowest BCUT2D eigenvalue weighted by Crippen LogP contribution is -2.41. The SMILES string of the molecule is CCOc1cc(C=C2C(=O)OC(C)(C)OC2=O)cc(Br)c1OC(C)C. The molecular formula is C18H21BrO6. The smallest absolute Gasteiger partial charge is 0.348 e. The van der Waals surface area contributed by atoms with Gasteiger partial charge in [0.15, 0.2) is 11.5 Å². The van der Waals surface area contributed by atoms with Crippen molar-refractivity contribution in [3.05, 3.63) is 27.7 Å². The summed E-state index contributed by atoms with van der Waals surface area (Å²) in [5.74, 6) is -1.64. The highest BCUT2D eigenvalue weighted by molar-refractivity contribution is 9.10. The van der Waals surface area contributed by atoms with Crippen LogP contribution in [0.5, 0.6) is 11.5 Å². The minimum atomic E-state index is -1.27. The Bertz CT molecular complexity index is 699.